The molecule has 0 saturated heterocycles. The number of benzene rings is 1. The molecule has 0 spiro atoms. The van der Waals surface area contributed by atoms with Crippen LogP contribution in [0.25, 0.3) is 0 Å². The lowest BCUT2D eigenvalue weighted by atomic mass is 10.1. The zero-order valence-corrected chi connectivity index (χ0v) is 15.4. The van der Waals surface area contributed by atoms with E-state index in [0.717, 1.165) is 12.8 Å². The Morgan fingerprint density at radius 1 is 1.28 bits per heavy atom. The fourth-order valence-electron chi connectivity index (χ4n) is 1.95. The van der Waals surface area contributed by atoms with Gasteiger partial charge >= 0.3 is 0 Å². The van der Waals surface area contributed by atoms with Gasteiger partial charge in [-0.1, -0.05) is 47.0 Å². The quantitative estimate of drug-likeness (QED) is 0.663. The maximum Gasteiger partial charge on any atom is 0.238 e. The molecular weight excluding hydrogens is 383 g/mol. The number of hydrogen-bond acceptors (Lipinski definition) is 7. The Morgan fingerprint density at radius 2 is 1.96 bits per heavy atom. The number of primary amides is 1. The number of carbonyl (C=O) groups excluding carboxylic acids is 2. The van der Waals surface area contributed by atoms with Crippen molar-refractivity contribution in [1.82, 2.24) is 15.5 Å². The van der Waals surface area contributed by atoms with Crippen LogP contribution in [-0.4, -0.2) is 33.8 Å². The van der Waals surface area contributed by atoms with Gasteiger partial charge in [-0.15, -0.1) is 10.2 Å². The predicted octanol–water partition coefficient (Wildman–Crippen LogP) is 2.37. The summed E-state index contributed by atoms with van der Waals surface area (Å²) in [6.07, 6.45) is 1.97. The Hall–Kier alpha value is -1.65. The maximum atomic E-state index is 13.2. The Bertz CT molecular complexity index is 764. The van der Waals surface area contributed by atoms with Crippen molar-refractivity contribution in [3.63, 3.8) is 0 Å². The second-order valence-corrected chi connectivity index (χ2v) is 8.97. The molecule has 25 heavy (non-hydrogen) atoms. The summed E-state index contributed by atoms with van der Waals surface area (Å²) < 4.78 is 14.4. The molecule has 3 rings (SSSR count). The molecule has 2 aromatic rings. The van der Waals surface area contributed by atoms with Gasteiger partial charge in [0.05, 0.1) is 5.75 Å². The van der Waals surface area contributed by atoms with E-state index in [1.165, 1.54) is 47.0 Å². The van der Waals surface area contributed by atoms with Gasteiger partial charge in [0, 0.05) is 6.04 Å². The second-order valence-electron chi connectivity index (χ2n) is 5.42. The van der Waals surface area contributed by atoms with Crippen LogP contribution in [0.1, 0.15) is 23.7 Å². The second kappa shape index (κ2) is 8.15. The summed E-state index contributed by atoms with van der Waals surface area (Å²) in [5.74, 6) is -0.776. The molecule has 132 valence electrons. The van der Waals surface area contributed by atoms with E-state index < -0.39 is 11.2 Å². The molecule has 0 radical (unpaired) electrons. The summed E-state index contributed by atoms with van der Waals surface area (Å²) in [5.41, 5.74) is 5.82. The Kier molecular flexibility index (Phi) is 5.92. The van der Waals surface area contributed by atoms with Crippen LogP contribution in [0.15, 0.2) is 32.9 Å². The summed E-state index contributed by atoms with van der Waals surface area (Å²) in [5, 5.41) is 10.5. The number of nitrogens with one attached hydrogen (secondary N) is 1. The normalized spacial score (nSPS) is 14.9. The monoisotopic (exact) mass is 398 g/mol. The molecule has 1 atom stereocenters. The molecule has 1 aromatic carbocycles. The smallest absolute Gasteiger partial charge is 0.238 e. The van der Waals surface area contributed by atoms with Crippen molar-refractivity contribution in [3.05, 3.63) is 35.6 Å². The van der Waals surface area contributed by atoms with Gasteiger partial charge in [-0.2, -0.15) is 0 Å². The molecule has 1 aliphatic rings. The number of aromatic nitrogens is 2. The fourth-order valence-corrected chi connectivity index (χ4v) is 4.91. The lowest BCUT2D eigenvalue weighted by Crippen LogP contribution is -2.29. The van der Waals surface area contributed by atoms with Crippen LogP contribution in [0.2, 0.25) is 0 Å². The summed E-state index contributed by atoms with van der Waals surface area (Å²) in [6, 6.07) is 6.10. The average molecular weight is 399 g/mol. The van der Waals surface area contributed by atoms with Crippen molar-refractivity contribution in [1.29, 1.82) is 0 Å². The first-order valence-corrected chi connectivity index (χ1v) is 10.2. The minimum absolute atomic E-state index is 0.124. The molecular formula is C15H15FN4O2S3. The van der Waals surface area contributed by atoms with E-state index in [4.69, 9.17) is 5.73 Å². The molecule has 3 N–H and O–H groups in total. The van der Waals surface area contributed by atoms with Gasteiger partial charge in [-0.3, -0.25) is 9.59 Å². The van der Waals surface area contributed by atoms with Crippen LogP contribution in [-0.2, 0) is 9.59 Å². The summed E-state index contributed by atoms with van der Waals surface area (Å²) in [4.78, 5) is 23.4. The zero-order chi connectivity index (χ0) is 17.8. The van der Waals surface area contributed by atoms with Gasteiger partial charge in [0.1, 0.15) is 11.1 Å². The largest absolute Gasteiger partial charge is 0.369 e. The van der Waals surface area contributed by atoms with E-state index in [-0.39, 0.29) is 23.5 Å². The van der Waals surface area contributed by atoms with Crippen LogP contribution in [0.3, 0.4) is 0 Å². The molecule has 2 amide bonds. The van der Waals surface area contributed by atoms with Crippen LogP contribution in [0.4, 0.5) is 4.39 Å². The molecule has 1 aromatic heterocycles. The molecule has 1 heterocycles. The standard InChI is InChI=1S/C15H15FN4O2S3/c16-9-3-1-8(2-4-9)12(13(22)18-10-5-6-10)24-15-20-19-14(25-15)23-7-11(17)21/h1-4,10,12H,5-7H2,(H2,17,21)(H,18,22). The van der Waals surface area contributed by atoms with Gasteiger partial charge in [0.25, 0.3) is 0 Å². The van der Waals surface area contributed by atoms with E-state index >= 15 is 0 Å². The third-order valence-corrected chi connectivity index (χ3v) is 6.70. The Balaban J connectivity index is 1.73. The highest BCUT2D eigenvalue weighted by molar-refractivity contribution is 8.04. The SMILES string of the molecule is NC(=O)CSc1nnc(SC(C(=O)NC2CC2)c2ccc(F)cc2)s1. The molecule has 10 heteroatoms. The fraction of sp³-hybridized carbons (Fsp3) is 0.333. The lowest BCUT2D eigenvalue weighted by Gasteiger charge is -2.15. The number of amides is 2. The first-order chi connectivity index (χ1) is 12.0. The lowest BCUT2D eigenvalue weighted by molar-refractivity contribution is -0.120. The summed E-state index contributed by atoms with van der Waals surface area (Å²) in [7, 11) is 0. The predicted molar refractivity (Wildman–Crippen MR) is 96.0 cm³/mol. The Labute approximate surface area is 156 Å². The van der Waals surface area contributed by atoms with Gasteiger partial charge in [0.2, 0.25) is 11.8 Å². The third kappa shape index (κ3) is 5.41. The van der Waals surface area contributed by atoms with Crippen LogP contribution < -0.4 is 11.1 Å². The van der Waals surface area contributed by atoms with Crippen molar-refractivity contribution in [2.75, 3.05) is 5.75 Å². The number of thioether (sulfide) groups is 2. The van der Waals surface area contributed by atoms with Crippen molar-refractivity contribution >= 4 is 46.7 Å². The minimum atomic E-state index is -0.539. The highest BCUT2D eigenvalue weighted by Gasteiger charge is 2.30. The van der Waals surface area contributed by atoms with Crippen molar-refractivity contribution in [2.24, 2.45) is 5.73 Å². The average Bonchev–Trinajstić information content (AvgIpc) is 3.27. The highest BCUT2D eigenvalue weighted by atomic mass is 32.2. The zero-order valence-electron chi connectivity index (χ0n) is 13.0. The topological polar surface area (TPSA) is 98.0 Å². The van der Waals surface area contributed by atoms with E-state index in [0.29, 0.717) is 14.2 Å². The van der Waals surface area contributed by atoms with E-state index in [1.807, 2.05) is 0 Å². The molecule has 0 bridgehead atoms. The summed E-state index contributed by atoms with van der Waals surface area (Å²) in [6.45, 7) is 0. The maximum absolute atomic E-state index is 13.2. The van der Waals surface area contributed by atoms with E-state index in [2.05, 4.69) is 15.5 Å². The molecule has 1 unspecified atom stereocenters. The van der Waals surface area contributed by atoms with Gasteiger partial charge in [0.15, 0.2) is 8.68 Å². The summed E-state index contributed by atoms with van der Waals surface area (Å²) >= 11 is 3.77. The first-order valence-electron chi connectivity index (χ1n) is 7.48. The number of nitrogens with two attached hydrogens (primary N) is 1. The minimum Gasteiger partial charge on any atom is -0.369 e. The van der Waals surface area contributed by atoms with Crippen molar-refractivity contribution in [3.8, 4) is 0 Å². The van der Waals surface area contributed by atoms with Crippen molar-refractivity contribution < 1.29 is 14.0 Å². The van der Waals surface area contributed by atoms with Gasteiger partial charge < -0.3 is 11.1 Å². The number of rotatable bonds is 8. The molecule has 0 aliphatic heterocycles. The van der Waals surface area contributed by atoms with Crippen LogP contribution in [0.5, 0.6) is 0 Å². The van der Waals surface area contributed by atoms with Crippen LogP contribution >= 0.6 is 34.9 Å². The number of nitrogens with zero attached hydrogens (tertiary/aromatic N) is 2. The molecule has 1 saturated carbocycles. The number of halogens is 1. The molecule has 6 nitrogen and oxygen atoms in total. The third-order valence-electron chi connectivity index (χ3n) is 3.28. The molecule has 1 fully saturated rings. The van der Waals surface area contributed by atoms with Gasteiger partial charge in [-0.05, 0) is 30.5 Å². The van der Waals surface area contributed by atoms with E-state index in [1.54, 1.807) is 12.1 Å². The number of hydrogen-bond donors (Lipinski definition) is 2. The number of carbonyl (C=O) groups is 2. The first kappa shape index (κ1) is 18.2. The molecule has 1 aliphatic carbocycles. The Morgan fingerprint density at radius 3 is 2.60 bits per heavy atom. The highest BCUT2D eigenvalue weighted by Crippen LogP contribution is 2.39. The van der Waals surface area contributed by atoms with E-state index in [9.17, 15) is 14.0 Å². The van der Waals surface area contributed by atoms with Gasteiger partial charge in [-0.25, -0.2) is 4.39 Å². The van der Waals surface area contributed by atoms with Crippen molar-refractivity contribution in [2.45, 2.75) is 32.8 Å². The van der Waals surface area contributed by atoms with Crippen LogP contribution in [0, 0.1) is 5.82 Å².